The molecule has 0 amide bonds. The molecule has 0 bridgehead atoms. The molecule has 0 radical (unpaired) electrons. The second-order valence-electron chi connectivity index (χ2n) is 4.16. The van der Waals surface area contributed by atoms with Gasteiger partial charge in [0.15, 0.2) is 0 Å². The molecule has 1 heteroatoms. The summed E-state index contributed by atoms with van der Waals surface area (Å²) >= 11 is 2.69. The topological polar surface area (TPSA) is 0 Å². The van der Waals surface area contributed by atoms with Crippen LogP contribution in [0.3, 0.4) is 0 Å². The lowest BCUT2D eigenvalue weighted by molar-refractivity contribution is 0.184. The molecule has 2 aliphatic carbocycles. The van der Waals surface area contributed by atoms with Crippen molar-refractivity contribution in [1.82, 2.24) is 0 Å². The summed E-state index contributed by atoms with van der Waals surface area (Å²) in [5, 5.41) is 0. The fraction of sp³-hybridized carbons (Fsp3) is 1.00. The molecule has 0 heterocycles. The van der Waals surface area contributed by atoms with Crippen molar-refractivity contribution in [1.29, 1.82) is 0 Å². The summed E-state index contributed by atoms with van der Waals surface area (Å²) in [4.78, 5) is 0. The summed E-state index contributed by atoms with van der Waals surface area (Å²) in [6, 6.07) is 0. The predicted molar refractivity (Wildman–Crippen MR) is 57.1 cm³/mol. The van der Waals surface area contributed by atoms with Gasteiger partial charge in [-0.1, -0.05) is 54.7 Å². The number of alkyl halides is 1. The minimum absolute atomic E-state index is 1.02. The first-order chi connectivity index (χ1) is 5.38. The molecule has 11 heavy (non-hydrogen) atoms. The van der Waals surface area contributed by atoms with Crippen LogP contribution in [0.4, 0.5) is 0 Å². The second-order valence-corrected chi connectivity index (χ2v) is 5.76. The Balaban J connectivity index is 1.99. The third kappa shape index (κ3) is 1.73. The fourth-order valence-corrected chi connectivity index (χ4v) is 4.25. The highest BCUT2D eigenvalue weighted by Crippen LogP contribution is 2.43. The molecule has 64 valence electrons. The highest BCUT2D eigenvalue weighted by Gasteiger charge is 2.32. The van der Waals surface area contributed by atoms with E-state index in [0.717, 1.165) is 15.8 Å². The Morgan fingerprint density at radius 3 is 2.36 bits per heavy atom. The summed E-state index contributed by atoms with van der Waals surface area (Å²) in [7, 11) is 0. The molecule has 0 nitrogen and oxygen atoms in total. The molecule has 0 spiro atoms. The van der Waals surface area contributed by atoms with Crippen LogP contribution in [0, 0.1) is 11.8 Å². The van der Waals surface area contributed by atoms with Crippen LogP contribution in [-0.2, 0) is 0 Å². The van der Waals surface area contributed by atoms with Crippen molar-refractivity contribution < 1.29 is 0 Å². The van der Waals surface area contributed by atoms with Crippen LogP contribution in [0.25, 0.3) is 0 Å². The van der Waals surface area contributed by atoms with Crippen molar-refractivity contribution in [2.75, 3.05) is 0 Å². The monoisotopic (exact) mass is 264 g/mol. The molecular weight excluding hydrogens is 247 g/mol. The maximum atomic E-state index is 2.69. The van der Waals surface area contributed by atoms with Gasteiger partial charge in [-0.15, -0.1) is 0 Å². The second kappa shape index (κ2) is 3.63. The van der Waals surface area contributed by atoms with Gasteiger partial charge >= 0.3 is 0 Å². The normalized spacial score (nSPS) is 45.0. The Labute approximate surface area is 83.3 Å². The van der Waals surface area contributed by atoms with Crippen molar-refractivity contribution in [3.8, 4) is 0 Å². The van der Waals surface area contributed by atoms with Gasteiger partial charge in [0.25, 0.3) is 0 Å². The largest absolute Gasteiger partial charge is 0.0823 e. The van der Waals surface area contributed by atoms with Gasteiger partial charge in [-0.3, -0.25) is 0 Å². The summed E-state index contributed by atoms with van der Waals surface area (Å²) in [6.45, 7) is 0. The van der Waals surface area contributed by atoms with Gasteiger partial charge in [-0.05, 0) is 24.7 Å². The van der Waals surface area contributed by atoms with Gasteiger partial charge in [0.2, 0.25) is 0 Å². The summed E-state index contributed by atoms with van der Waals surface area (Å²) in [6.07, 6.45) is 10.7. The zero-order chi connectivity index (χ0) is 7.68. The van der Waals surface area contributed by atoms with E-state index in [4.69, 9.17) is 0 Å². The van der Waals surface area contributed by atoms with Gasteiger partial charge < -0.3 is 0 Å². The first kappa shape index (κ1) is 8.33. The van der Waals surface area contributed by atoms with E-state index >= 15 is 0 Å². The molecule has 0 saturated heterocycles. The Morgan fingerprint density at radius 1 is 0.818 bits per heavy atom. The van der Waals surface area contributed by atoms with Crippen LogP contribution in [-0.4, -0.2) is 3.92 Å². The smallest absolute Gasteiger partial charge is 0.0140 e. The lowest BCUT2D eigenvalue weighted by Crippen LogP contribution is -2.30. The number of hydrogen-bond acceptors (Lipinski definition) is 0. The van der Waals surface area contributed by atoms with E-state index in [0.29, 0.717) is 0 Å². The quantitative estimate of drug-likeness (QED) is 0.461. The molecule has 0 aromatic rings. The average molecular weight is 264 g/mol. The molecule has 0 aromatic carbocycles. The van der Waals surface area contributed by atoms with E-state index in [1.807, 2.05) is 0 Å². The van der Waals surface area contributed by atoms with Crippen LogP contribution in [0.2, 0.25) is 0 Å². The van der Waals surface area contributed by atoms with Crippen LogP contribution >= 0.6 is 22.6 Å². The summed E-state index contributed by atoms with van der Waals surface area (Å²) < 4.78 is 1.02. The zero-order valence-corrected chi connectivity index (χ0v) is 9.22. The Bertz CT molecular complexity index is 131. The molecule has 2 saturated carbocycles. The van der Waals surface area contributed by atoms with E-state index in [1.54, 1.807) is 12.8 Å². The maximum Gasteiger partial charge on any atom is 0.0140 e. The highest BCUT2D eigenvalue weighted by molar-refractivity contribution is 14.1. The maximum absolute atomic E-state index is 2.69. The minimum Gasteiger partial charge on any atom is -0.0823 e. The number of rotatable bonds is 0. The third-order valence-corrected chi connectivity index (χ3v) is 5.03. The summed E-state index contributed by atoms with van der Waals surface area (Å²) in [5.74, 6) is 2.23. The minimum atomic E-state index is 1.02. The number of halogens is 1. The standard InChI is InChI=1S/C10H17I/c11-10-7-3-5-8-4-1-2-6-9(8)10/h8-10H,1-7H2. The first-order valence-electron chi connectivity index (χ1n) is 5.02. The number of hydrogen-bond donors (Lipinski definition) is 0. The van der Waals surface area contributed by atoms with Crippen molar-refractivity contribution in [2.45, 2.75) is 48.9 Å². The fourth-order valence-electron chi connectivity index (χ4n) is 2.86. The van der Waals surface area contributed by atoms with Crippen LogP contribution in [0.1, 0.15) is 44.9 Å². The zero-order valence-electron chi connectivity index (χ0n) is 7.06. The van der Waals surface area contributed by atoms with Crippen LogP contribution in [0.5, 0.6) is 0 Å². The molecule has 2 fully saturated rings. The van der Waals surface area contributed by atoms with E-state index < -0.39 is 0 Å². The van der Waals surface area contributed by atoms with Crippen LogP contribution in [0.15, 0.2) is 0 Å². The van der Waals surface area contributed by atoms with E-state index in [1.165, 1.54) is 32.1 Å². The lowest BCUT2D eigenvalue weighted by Gasteiger charge is -2.38. The van der Waals surface area contributed by atoms with Gasteiger partial charge in [0.1, 0.15) is 0 Å². The molecule has 2 rings (SSSR count). The Hall–Kier alpha value is 0.730. The van der Waals surface area contributed by atoms with Crippen molar-refractivity contribution in [3.05, 3.63) is 0 Å². The molecule has 2 aliphatic rings. The van der Waals surface area contributed by atoms with E-state index in [2.05, 4.69) is 22.6 Å². The Kier molecular flexibility index (Phi) is 2.75. The average Bonchev–Trinajstić information content (AvgIpc) is 2.06. The van der Waals surface area contributed by atoms with Gasteiger partial charge in [0.05, 0.1) is 0 Å². The molecule has 0 aliphatic heterocycles. The summed E-state index contributed by atoms with van der Waals surface area (Å²) in [5.41, 5.74) is 0. The third-order valence-electron chi connectivity index (χ3n) is 3.49. The van der Waals surface area contributed by atoms with Gasteiger partial charge in [-0.2, -0.15) is 0 Å². The molecule has 3 unspecified atom stereocenters. The van der Waals surface area contributed by atoms with Crippen molar-refractivity contribution in [3.63, 3.8) is 0 Å². The molecule has 0 N–H and O–H groups in total. The Morgan fingerprint density at radius 2 is 1.55 bits per heavy atom. The number of fused-ring (bicyclic) bond motifs is 1. The molecule has 3 atom stereocenters. The molecule has 0 aromatic heterocycles. The first-order valence-corrected chi connectivity index (χ1v) is 6.26. The van der Waals surface area contributed by atoms with E-state index in [9.17, 15) is 0 Å². The van der Waals surface area contributed by atoms with Gasteiger partial charge in [0, 0.05) is 3.92 Å². The highest BCUT2D eigenvalue weighted by atomic mass is 127. The predicted octanol–water partition coefficient (Wildman–Crippen LogP) is 3.78. The van der Waals surface area contributed by atoms with Crippen molar-refractivity contribution >= 4 is 22.6 Å². The van der Waals surface area contributed by atoms with E-state index in [-0.39, 0.29) is 0 Å². The lowest BCUT2D eigenvalue weighted by atomic mass is 9.71. The SMILES string of the molecule is IC1CCCC2CCCCC12. The van der Waals surface area contributed by atoms with Crippen molar-refractivity contribution in [2.24, 2.45) is 11.8 Å². The molecular formula is C10H17I. The van der Waals surface area contributed by atoms with Crippen LogP contribution < -0.4 is 0 Å². The van der Waals surface area contributed by atoms with Gasteiger partial charge in [-0.25, -0.2) is 0 Å².